The van der Waals surface area contributed by atoms with Crippen LogP contribution in [0.5, 0.6) is 0 Å². The highest BCUT2D eigenvalue weighted by Crippen LogP contribution is 2.38. The van der Waals surface area contributed by atoms with Gasteiger partial charge in [0.15, 0.2) is 0 Å². The highest BCUT2D eigenvalue weighted by molar-refractivity contribution is 6.31. The molecule has 7 heteroatoms. The molecule has 1 saturated carbocycles. The van der Waals surface area contributed by atoms with Gasteiger partial charge in [-0.15, -0.1) is 0 Å². The van der Waals surface area contributed by atoms with E-state index in [4.69, 9.17) is 11.6 Å². The Morgan fingerprint density at radius 1 is 1.16 bits per heavy atom. The fraction of sp³-hybridized carbons (Fsp3) is 0.278. The SMILES string of the molecule is O=C(NC1CC(F)(F)C1)[C@@H](Nc1cccc(F)c1)c1ccccc1Cl. The van der Waals surface area contributed by atoms with Crippen molar-refractivity contribution in [3.63, 3.8) is 0 Å². The number of halogens is 4. The maximum atomic E-state index is 13.4. The smallest absolute Gasteiger partial charge is 0.252 e. The average Bonchev–Trinajstić information content (AvgIpc) is 2.51. The summed E-state index contributed by atoms with van der Waals surface area (Å²) in [6.07, 6.45) is -0.762. The van der Waals surface area contributed by atoms with Gasteiger partial charge in [0.25, 0.3) is 5.92 Å². The maximum absolute atomic E-state index is 13.4. The van der Waals surface area contributed by atoms with E-state index >= 15 is 0 Å². The molecule has 0 unspecified atom stereocenters. The fourth-order valence-corrected chi connectivity index (χ4v) is 3.03. The summed E-state index contributed by atoms with van der Waals surface area (Å²) in [5, 5.41) is 5.88. The zero-order valence-electron chi connectivity index (χ0n) is 13.1. The van der Waals surface area contributed by atoms with Crippen LogP contribution in [0.1, 0.15) is 24.4 Å². The predicted molar refractivity (Wildman–Crippen MR) is 90.3 cm³/mol. The van der Waals surface area contributed by atoms with Gasteiger partial charge in [0.05, 0.1) is 0 Å². The van der Waals surface area contributed by atoms with E-state index in [2.05, 4.69) is 10.6 Å². The molecule has 1 fully saturated rings. The molecule has 0 aromatic heterocycles. The zero-order chi connectivity index (χ0) is 18.0. The average molecular weight is 369 g/mol. The Kier molecular flexibility index (Phi) is 4.90. The molecule has 132 valence electrons. The molecule has 2 aromatic rings. The van der Waals surface area contributed by atoms with Crippen molar-refractivity contribution >= 4 is 23.2 Å². The first-order valence-corrected chi connectivity index (χ1v) is 8.17. The Morgan fingerprint density at radius 3 is 2.52 bits per heavy atom. The van der Waals surface area contributed by atoms with Gasteiger partial charge in [0.1, 0.15) is 11.9 Å². The van der Waals surface area contributed by atoms with Crippen molar-refractivity contribution < 1.29 is 18.0 Å². The zero-order valence-corrected chi connectivity index (χ0v) is 13.9. The Labute approximate surface area is 148 Å². The topological polar surface area (TPSA) is 41.1 Å². The minimum absolute atomic E-state index is 0.352. The van der Waals surface area contributed by atoms with Crippen molar-refractivity contribution in [3.8, 4) is 0 Å². The third-order valence-corrected chi connectivity index (χ3v) is 4.39. The molecule has 1 aliphatic carbocycles. The summed E-state index contributed by atoms with van der Waals surface area (Å²) in [4.78, 5) is 12.6. The van der Waals surface area contributed by atoms with Crippen LogP contribution in [0.2, 0.25) is 5.02 Å². The minimum Gasteiger partial charge on any atom is -0.370 e. The van der Waals surface area contributed by atoms with Crippen molar-refractivity contribution in [1.29, 1.82) is 0 Å². The van der Waals surface area contributed by atoms with E-state index in [1.54, 1.807) is 30.3 Å². The van der Waals surface area contributed by atoms with Crippen molar-refractivity contribution in [2.75, 3.05) is 5.32 Å². The molecule has 2 aromatic carbocycles. The molecule has 0 radical (unpaired) electrons. The van der Waals surface area contributed by atoms with E-state index in [9.17, 15) is 18.0 Å². The van der Waals surface area contributed by atoms with Crippen molar-refractivity contribution in [2.45, 2.75) is 30.8 Å². The number of rotatable bonds is 5. The van der Waals surface area contributed by atoms with Crippen molar-refractivity contribution in [1.82, 2.24) is 5.32 Å². The first-order chi connectivity index (χ1) is 11.8. The highest BCUT2D eigenvalue weighted by atomic mass is 35.5. The second-order valence-corrected chi connectivity index (χ2v) is 6.49. The van der Waals surface area contributed by atoms with Crippen LogP contribution in [-0.4, -0.2) is 17.9 Å². The van der Waals surface area contributed by atoms with Crippen LogP contribution in [0, 0.1) is 5.82 Å². The molecule has 3 rings (SSSR count). The van der Waals surface area contributed by atoms with Gasteiger partial charge in [0.2, 0.25) is 5.91 Å². The predicted octanol–water partition coefficient (Wildman–Crippen LogP) is 4.55. The summed E-state index contributed by atoms with van der Waals surface area (Å²) in [6.45, 7) is 0. The number of alkyl halides is 2. The number of carbonyl (C=O) groups excluding carboxylic acids is 1. The molecule has 1 atom stereocenters. The summed E-state index contributed by atoms with van der Waals surface area (Å²) < 4.78 is 39.4. The Hall–Kier alpha value is -2.21. The lowest BCUT2D eigenvalue weighted by atomic mass is 9.88. The first-order valence-electron chi connectivity index (χ1n) is 7.79. The summed E-state index contributed by atoms with van der Waals surface area (Å²) in [6, 6.07) is 10.9. The van der Waals surface area contributed by atoms with Gasteiger partial charge in [-0.25, -0.2) is 13.2 Å². The van der Waals surface area contributed by atoms with E-state index in [0.717, 1.165) is 0 Å². The number of carbonyl (C=O) groups is 1. The summed E-state index contributed by atoms with van der Waals surface area (Å²) >= 11 is 6.18. The summed E-state index contributed by atoms with van der Waals surface area (Å²) in [7, 11) is 0. The van der Waals surface area contributed by atoms with Crippen LogP contribution in [-0.2, 0) is 4.79 Å². The van der Waals surface area contributed by atoms with Gasteiger partial charge in [-0.3, -0.25) is 4.79 Å². The van der Waals surface area contributed by atoms with Crippen LogP contribution >= 0.6 is 11.6 Å². The van der Waals surface area contributed by atoms with E-state index in [1.807, 2.05) is 0 Å². The maximum Gasteiger partial charge on any atom is 0.252 e. The van der Waals surface area contributed by atoms with Crippen LogP contribution in [0.15, 0.2) is 48.5 Å². The van der Waals surface area contributed by atoms with Crippen molar-refractivity contribution in [2.24, 2.45) is 0 Å². The molecule has 2 N–H and O–H groups in total. The quantitative estimate of drug-likeness (QED) is 0.813. The van der Waals surface area contributed by atoms with Gasteiger partial charge in [-0.05, 0) is 24.3 Å². The third kappa shape index (κ3) is 4.25. The molecule has 0 saturated heterocycles. The van der Waals surface area contributed by atoms with E-state index in [1.165, 1.54) is 18.2 Å². The van der Waals surface area contributed by atoms with Gasteiger partial charge >= 0.3 is 0 Å². The van der Waals surface area contributed by atoms with Crippen LogP contribution in [0.4, 0.5) is 18.9 Å². The first kappa shape index (κ1) is 17.6. The van der Waals surface area contributed by atoms with Crippen LogP contribution in [0.25, 0.3) is 0 Å². The third-order valence-electron chi connectivity index (χ3n) is 4.05. The highest BCUT2D eigenvalue weighted by Gasteiger charge is 2.46. The standard InChI is InChI=1S/C18H16ClF3N2O/c19-15-7-2-1-6-14(15)16(23-12-5-3-4-11(20)8-12)17(25)24-13-9-18(21,22)10-13/h1-8,13,16,23H,9-10H2,(H,24,25)/t16-/m0/s1. The van der Waals surface area contributed by atoms with E-state index in [-0.39, 0.29) is 12.8 Å². The molecule has 0 bridgehead atoms. The lowest BCUT2D eigenvalue weighted by Gasteiger charge is -2.36. The van der Waals surface area contributed by atoms with Crippen LogP contribution < -0.4 is 10.6 Å². The van der Waals surface area contributed by atoms with Gasteiger partial charge in [-0.2, -0.15) is 0 Å². The number of hydrogen-bond donors (Lipinski definition) is 2. The number of amides is 1. The monoisotopic (exact) mass is 368 g/mol. The van der Waals surface area contributed by atoms with Gasteiger partial charge < -0.3 is 10.6 Å². The lowest BCUT2D eigenvalue weighted by molar-refractivity contribution is -0.130. The van der Waals surface area contributed by atoms with Gasteiger partial charge in [-0.1, -0.05) is 35.9 Å². The number of benzene rings is 2. The Bertz CT molecular complexity index is 776. The largest absolute Gasteiger partial charge is 0.370 e. The Morgan fingerprint density at radius 2 is 1.88 bits per heavy atom. The molecule has 1 aliphatic rings. The van der Waals surface area contributed by atoms with Crippen molar-refractivity contribution in [3.05, 3.63) is 64.9 Å². The van der Waals surface area contributed by atoms with E-state index < -0.39 is 29.7 Å². The fourth-order valence-electron chi connectivity index (χ4n) is 2.79. The van der Waals surface area contributed by atoms with E-state index in [0.29, 0.717) is 16.3 Å². The molecule has 0 aliphatic heterocycles. The number of anilines is 1. The van der Waals surface area contributed by atoms with Crippen LogP contribution in [0.3, 0.4) is 0 Å². The summed E-state index contributed by atoms with van der Waals surface area (Å²) in [5.41, 5.74) is 0.871. The molecular formula is C18H16ClF3N2O. The number of nitrogens with one attached hydrogen (secondary N) is 2. The van der Waals surface area contributed by atoms with Gasteiger partial charge in [0, 0.05) is 35.2 Å². The second kappa shape index (κ2) is 6.96. The molecule has 0 heterocycles. The molecule has 25 heavy (non-hydrogen) atoms. The molecule has 1 amide bonds. The minimum atomic E-state index is -2.73. The molecule has 3 nitrogen and oxygen atoms in total. The second-order valence-electron chi connectivity index (χ2n) is 6.08. The Balaban J connectivity index is 1.81. The molecular weight excluding hydrogens is 353 g/mol. The molecule has 0 spiro atoms. The lowest BCUT2D eigenvalue weighted by Crippen LogP contribution is -2.52. The number of hydrogen-bond acceptors (Lipinski definition) is 2. The summed E-state index contributed by atoms with van der Waals surface area (Å²) in [5.74, 6) is -3.67. The normalized spacial score (nSPS) is 17.4.